The van der Waals surface area contributed by atoms with E-state index in [1.807, 2.05) is 12.3 Å². The molecule has 1 aromatic rings. The molecule has 17 heavy (non-hydrogen) atoms. The van der Waals surface area contributed by atoms with E-state index in [1.54, 1.807) is 0 Å². The summed E-state index contributed by atoms with van der Waals surface area (Å²) in [6, 6.07) is 1.95. The van der Waals surface area contributed by atoms with Gasteiger partial charge in [-0.3, -0.25) is 0 Å². The number of hydrogen-bond donors (Lipinski definition) is 1. The van der Waals surface area contributed by atoms with Gasteiger partial charge >= 0.3 is 0 Å². The predicted octanol–water partition coefficient (Wildman–Crippen LogP) is 3.59. The summed E-state index contributed by atoms with van der Waals surface area (Å²) >= 11 is 0. The summed E-state index contributed by atoms with van der Waals surface area (Å²) < 4.78 is 0. The maximum absolute atomic E-state index is 4.61. The Balaban J connectivity index is 2.00. The Bertz CT molecular complexity index is 343. The minimum Gasteiger partial charge on any atom is -0.370 e. The molecule has 0 radical (unpaired) electrons. The minimum atomic E-state index is 0.580. The highest BCUT2D eigenvalue weighted by atomic mass is 15.0. The van der Waals surface area contributed by atoms with Crippen molar-refractivity contribution in [1.29, 1.82) is 0 Å². The standard InChI is InChI=1S/C14H23N3/c1-3-11-5-7-12(8-6-11)14-16-10-9-13(17-14)15-4-2/h9-12H,3-8H2,1-2H3,(H,15,16,17). The normalized spacial score (nSPS) is 24.6. The first-order valence-corrected chi connectivity index (χ1v) is 6.90. The Morgan fingerprint density at radius 2 is 2.00 bits per heavy atom. The third kappa shape index (κ3) is 3.18. The molecule has 1 saturated carbocycles. The Kier molecular flexibility index (Phi) is 4.35. The Morgan fingerprint density at radius 1 is 1.24 bits per heavy atom. The molecule has 0 bridgehead atoms. The van der Waals surface area contributed by atoms with E-state index in [2.05, 4.69) is 29.1 Å². The highest BCUT2D eigenvalue weighted by Crippen LogP contribution is 2.35. The van der Waals surface area contributed by atoms with Crippen molar-refractivity contribution >= 4 is 5.82 Å². The number of aromatic nitrogens is 2. The fourth-order valence-corrected chi connectivity index (χ4v) is 2.68. The van der Waals surface area contributed by atoms with E-state index in [4.69, 9.17) is 0 Å². The fourth-order valence-electron chi connectivity index (χ4n) is 2.68. The van der Waals surface area contributed by atoms with Crippen molar-refractivity contribution in [2.75, 3.05) is 11.9 Å². The first kappa shape index (κ1) is 12.3. The lowest BCUT2D eigenvalue weighted by Gasteiger charge is -2.26. The van der Waals surface area contributed by atoms with Gasteiger partial charge in [0.05, 0.1) is 0 Å². The topological polar surface area (TPSA) is 37.8 Å². The van der Waals surface area contributed by atoms with Crippen molar-refractivity contribution in [3.05, 3.63) is 18.1 Å². The van der Waals surface area contributed by atoms with E-state index in [9.17, 15) is 0 Å². The SMILES string of the molecule is CCNc1ccnc(C2CCC(CC)CC2)n1. The van der Waals surface area contributed by atoms with E-state index in [0.29, 0.717) is 5.92 Å². The van der Waals surface area contributed by atoms with Crippen LogP contribution in [-0.4, -0.2) is 16.5 Å². The van der Waals surface area contributed by atoms with E-state index < -0.39 is 0 Å². The van der Waals surface area contributed by atoms with Crippen molar-refractivity contribution in [3.63, 3.8) is 0 Å². The summed E-state index contributed by atoms with van der Waals surface area (Å²) in [5, 5.41) is 3.26. The van der Waals surface area contributed by atoms with Gasteiger partial charge in [0.1, 0.15) is 11.6 Å². The van der Waals surface area contributed by atoms with E-state index in [1.165, 1.54) is 32.1 Å². The Labute approximate surface area is 104 Å². The maximum atomic E-state index is 4.61. The molecule has 2 rings (SSSR count). The number of nitrogens with one attached hydrogen (secondary N) is 1. The third-order valence-corrected chi connectivity index (χ3v) is 3.82. The first-order valence-electron chi connectivity index (χ1n) is 6.90. The number of nitrogens with zero attached hydrogens (tertiary/aromatic N) is 2. The first-order chi connectivity index (χ1) is 8.33. The Hall–Kier alpha value is -1.12. The van der Waals surface area contributed by atoms with Crippen LogP contribution in [0.2, 0.25) is 0 Å². The van der Waals surface area contributed by atoms with Crippen LogP contribution < -0.4 is 5.32 Å². The van der Waals surface area contributed by atoms with Crippen molar-refractivity contribution < 1.29 is 0 Å². The van der Waals surface area contributed by atoms with Crippen LogP contribution in [0.15, 0.2) is 12.3 Å². The van der Waals surface area contributed by atoms with Gasteiger partial charge in [-0.05, 0) is 44.6 Å². The van der Waals surface area contributed by atoms with Gasteiger partial charge in [-0.25, -0.2) is 9.97 Å². The molecule has 94 valence electrons. The van der Waals surface area contributed by atoms with Crippen LogP contribution in [0.5, 0.6) is 0 Å². The number of anilines is 1. The summed E-state index contributed by atoms with van der Waals surface area (Å²) in [5.74, 6) is 3.52. The van der Waals surface area contributed by atoms with Crippen LogP contribution in [0.4, 0.5) is 5.82 Å². The van der Waals surface area contributed by atoms with E-state index in [-0.39, 0.29) is 0 Å². The molecule has 0 unspecified atom stereocenters. The monoisotopic (exact) mass is 233 g/mol. The van der Waals surface area contributed by atoms with Crippen LogP contribution >= 0.6 is 0 Å². The van der Waals surface area contributed by atoms with Crippen LogP contribution in [0.3, 0.4) is 0 Å². The quantitative estimate of drug-likeness (QED) is 0.863. The average Bonchev–Trinajstić information content (AvgIpc) is 2.40. The fraction of sp³-hybridized carbons (Fsp3) is 0.714. The minimum absolute atomic E-state index is 0.580. The molecule has 3 nitrogen and oxygen atoms in total. The van der Waals surface area contributed by atoms with Gasteiger partial charge < -0.3 is 5.32 Å². The highest BCUT2D eigenvalue weighted by Gasteiger charge is 2.23. The van der Waals surface area contributed by atoms with Gasteiger partial charge in [0.15, 0.2) is 0 Å². The average molecular weight is 233 g/mol. The second-order valence-electron chi connectivity index (χ2n) is 4.96. The van der Waals surface area contributed by atoms with Crippen molar-refractivity contribution in [2.45, 2.75) is 51.9 Å². The van der Waals surface area contributed by atoms with Crippen molar-refractivity contribution in [1.82, 2.24) is 9.97 Å². The molecule has 0 aliphatic heterocycles. The zero-order valence-electron chi connectivity index (χ0n) is 10.9. The maximum Gasteiger partial charge on any atom is 0.133 e. The van der Waals surface area contributed by atoms with Crippen LogP contribution in [0, 0.1) is 5.92 Å². The zero-order valence-corrected chi connectivity index (χ0v) is 10.9. The molecule has 0 saturated heterocycles. The molecule has 3 heteroatoms. The van der Waals surface area contributed by atoms with E-state index >= 15 is 0 Å². The molecular weight excluding hydrogens is 210 g/mol. The smallest absolute Gasteiger partial charge is 0.133 e. The summed E-state index contributed by atoms with van der Waals surface area (Å²) in [4.78, 5) is 9.06. The van der Waals surface area contributed by atoms with Crippen LogP contribution in [0.25, 0.3) is 0 Å². The molecule has 0 aromatic carbocycles. The molecule has 1 aliphatic carbocycles. The molecular formula is C14H23N3. The molecule has 0 atom stereocenters. The molecule has 0 spiro atoms. The summed E-state index contributed by atoms with van der Waals surface area (Å²) in [7, 11) is 0. The van der Waals surface area contributed by atoms with Gasteiger partial charge in [0.2, 0.25) is 0 Å². The highest BCUT2D eigenvalue weighted by molar-refractivity contribution is 5.33. The lowest BCUT2D eigenvalue weighted by Crippen LogP contribution is -2.15. The molecule has 1 heterocycles. The van der Waals surface area contributed by atoms with Crippen molar-refractivity contribution in [2.24, 2.45) is 5.92 Å². The predicted molar refractivity (Wildman–Crippen MR) is 71.2 cm³/mol. The second-order valence-corrected chi connectivity index (χ2v) is 4.96. The molecule has 1 aromatic heterocycles. The van der Waals surface area contributed by atoms with Gasteiger partial charge in [-0.1, -0.05) is 13.3 Å². The molecule has 1 fully saturated rings. The van der Waals surface area contributed by atoms with E-state index in [0.717, 1.165) is 24.1 Å². The largest absolute Gasteiger partial charge is 0.370 e. The lowest BCUT2D eigenvalue weighted by atomic mass is 9.80. The van der Waals surface area contributed by atoms with Gasteiger partial charge in [0.25, 0.3) is 0 Å². The third-order valence-electron chi connectivity index (χ3n) is 3.82. The summed E-state index contributed by atoms with van der Waals surface area (Å²) in [5.41, 5.74) is 0. The zero-order chi connectivity index (χ0) is 12.1. The summed E-state index contributed by atoms with van der Waals surface area (Å²) in [6.45, 7) is 5.31. The molecule has 1 aliphatic rings. The summed E-state index contributed by atoms with van der Waals surface area (Å²) in [6.07, 6.45) is 8.41. The Morgan fingerprint density at radius 3 is 2.65 bits per heavy atom. The number of rotatable bonds is 4. The number of hydrogen-bond acceptors (Lipinski definition) is 3. The van der Waals surface area contributed by atoms with Gasteiger partial charge in [0, 0.05) is 18.7 Å². The molecule has 1 N–H and O–H groups in total. The van der Waals surface area contributed by atoms with Crippen molar-refractivity contribution in [3.8, 4) is 0 Å². The lowest BCUT2D eigenvalue weighted by molar-refractivity contribution is 0.312. The second kappa shape index (κ2) is 5.99. The molecule has 0 amide bonds. The van der Waals surface area contributed by atoms with Gasteiger partial charge in [-0.15, -0.1) is 0 Å². The van der Waals surface area contributed by atoms with Gasteiger partial charge in [-0.2, -0.15) is 0 Å². The van der Waals surface area contributed by atoms with Crippen LogP contribution in [0.1, 0.15) is 57.7 Å². The van der Waals surface area contributed by atoms with Crippen LogP contribution in [-0.2, 0) is 0 Å².